The number of carbonyl (C=O) groups excluding carboxylic acids is 1. The first kappa shape index (κ1) is 17.0. The van der Waals surface area contributed by atoms with Crippen molar-refractivity contribution < 1.29 is 13.2 Å². The maximum Gasteiger partial charge on any atom is 0.268 e. The highest BCUT2D eigenvalue weighted by molar-refractivity contribution is 7.93. The molecule has 1 aliphatic rings. The number of carbonyl (C=O) groups is 1. The SMILES string of the molecule is CC1Cc2ccccc2N1C(=O)c1ccc(S(=O)(=O)c2ccccc2)s1. The number of para-hydroxylation sites is 1. The second kappa shape index (κ2) is 6.37. The van der Waals surface area contributed by atoms with Crippen molar-refractivity contribution in [3.8, 4) is 0 Å². The lowest BCUT2D eigenvalue weighted by Crippen LogP contribution is -2.35. The molecule has 1 aliphatic heterocycles. The molecule has 4 rings (SSSR count). The van der Waals surface area contributed by atoms with Crippen molar-refractivity contribution in [1.29, 1.82) is 0 Å². The zero-order valence-corrected chi connectivity index (χ0v) is 15.8. The number of benzene rings is 2. The summed E-state index contributed by atoms with van der Waals surface area (Å²) in [6.07, 6.45) is 0.808. The molecule has 0 radical (unpaired) electrons. The number of nitrogens with zero attached hydrogens (tertiary/aromatic N) is 1. The van der Waals surface area contributed by atoms with Crippen LogP contribution in [0.15, 0.2) is 75.8 Å². The van der Waals surface area contributed by atoms with Gasteiger partial charge >= 0.3 is 0 Å². The van der Waals surface area contributed by atoms with Gasteiger partial charge in [-0.25, -0.2) is 8.42 Å². The Balaban J connectivity index is 1.68. The van der Waals surface area contributed by atoms with Crippen LogP contribution in [0.2, 0.25) is 0 Å². The molecule has 132 valence electrons. The Morgan fingerprint density at radius 3 is 2.46 bits per heavy atom. The Hall–Kier alpha value is -2.44. The Morgan fingerprint density at radius 1 is 1.00 bits per heavy atom. The molecule has 1 amide bonds. The number of amides is 1. The molecule has 26 heavy (non-hydrogen) atoms. The second-order valence-electron chi connectivity index (χ2n) is 6.29. The Kier molecular flexibility index (Phi) is 4.17. The van der Waals surface area contributed by atoms with E-state index in [-0.39, 0.29) is 21.1 Å². The predicted octanol–water partition coefficient (Wildman–Crippen LogP) is 4.17. The van der Waals surface area contributed by atoms with Gasteiger partial charge in [-0.1, -0.05) is 36.4 Å². The zero-order chi connectivity index (χ0) is 18.3. The average Bonchev–Trinajstić information content (AvgIpc) is 3.26. The third kappa shape index (κ3) is 2.75. The van der Waals surface area contributed by atoms with Crippen LogP contribution in [0.25, 0.3) is 0 Å². The van der Waals surface area contributed by atoms with E-state index in [1.165, 1.54) is 6.07 Å². The maximum atomic E-state index is 13.0. The molecule has 0 spiro atoms. The Morgan fingerprint density at radius 2 is 1.69 bits per heavy atom. The van der Waals surface area contributed by atoms with Gasteiger partial charge in [-0.05, 0) is 49.2 Å². The summed E-state index contributed by atoms with van der Waals surface area (Å²) >= 11 is 1.03. The van der Waals surface area contributed by atoms with E-state index in [9.17, 15) is 13.2 Å². The van der Waals surface area contributed by atoms with Gasteiger partial charge in [-0.15, -0.1) is 11.3 Å². The minimum atomic E-state index is -3.60. The number of thiophene rings is 1. The molecule has 1 atom stereocenters. The predicted molar refractivity (Wildman–Crippen MR) is 103 cm³/mol. The molecule has 4 nitrogen and oxygen atoms in total. The molecule has 3 aromatic rings. The van der Waals surface area contributed by atoms with Crippen LogP contribution in [0.5, 0.6) is 0 Å². The van der Waals surface area contributed by atoms with Gasteiger partial charge in [-0.2, -0.15) is 0 Å². The highest BCUT2D eigenvalue weighted by Gasteiger charge is 2.32. The number of rotatable bonds is 3. The molecular weight excluding hydrogens is 366 g/mol. The fourth-order valence-electron chi connectivity index (χ4n) is 3.29. The van der Waals surface area contributed by atoms with Gasteiger partial charge in [-0.3, -0.25) is 4.79 Å². The van der Waals surface area contributed by atoms with Gasteiger partial charge in [0.25, 0.3) is 5.91 Å². The molecule has 0 fully saturated rings. The van der Waals surface area contributed by atoms with Crippen LogP contribution >= 0.6 is 11.3 Å². The van der Waals surface area contributed by atoms with Crippen molar-refractivity contribution in [2.24, 2.45) is 0 Å². The zero-order valence-electron chi connectivity index (χ0n) is 14.1. The number of fused-ring (bicyclic) bond motifs is 1. The number of hydrogen-bond acceptors (Lipinski definition) is 4. The summed E-state index contributed by atoms with van der Waals surface area (Å²) in [6, 6.07) is 19.3. The first-order valence-corrected chi connectivity index (χ1v) is 10.6. The summed E-state index contributed by atoms with van der Waals surface area (Å²) in [7, 11) is -3.60. The molecule has 1 unspecified atom stereocenters. The Bertz CT molecular complexity index is 1070. The minimum Gasteiger partial charge on any atom is -0.304 e. The number of anilines is 1. The molecule has 2 aromatic carbocycles. The minimum absolute atomic E-state index is 0.0520. The lowest BCUT2D eigenvalue weighted by atomic mass is 10.1. The highest BCUT2D eigenvalue weighted by Crippen LogP contribution is 2.35. The first-order valence-electron chi connectivity index (χ1n) is 8.30. The van der Waals surface area contributed by atoms with Crippen molar-refractivity contribution >= 4 is 32.8 Å². The van der Waals surface area contributed by atoms with Crippen LogP contribution in [-0.4, -0.2) is 20.4 Å². The summed E-state index contributed by atoms with van der Waals surface area (Å²) in [6.45, 7) is 2.01. The van der Waals surface area contributed by atoms with Gasteiger partial charge in [0, 0.05) is 11.7 Å². The van der Waals surface area contributed by atoms with E-state index in [1.807, 2.05) is 31.2 Å². The molecule has 0 saturated heterocycles. The van der Waals surface area contributed by atoms with E-state index < -0.39 is 9.84 Å². The van der Waals surface area contributed by atoms with Gasteiger partial charge in [0.1, 0.15) is 4.21 Å². The van der Waals surface area contributed by atoms with Crippen molar-refractivity contribution in [3.63, 3.8) is 0 Å². The molecule has 2 heterocycles. The van der Waals surface area contributed by atoms with Gasteiger partial charge < -0.3 is 4.90 Å². The lowest BCUT2D eigenvalue weighted by Gasteiger charge is -2.21. The van der Waals surface area contributed by atoms with Crippen molar-refractivity contribution in [1.82, 2.24) is 0 Å². The van der Waals surface area contributed by atoms with Crippen LogP contribution in [0.4, 0.5) is 5.69 Å². The summed E-state index contributed by atoms with van der Waals surface area (Å²) in [5.41, 5.74) is 2.05. The third-order valence-corrected chi connectivity index (χ3v) is 7.87. The molecule has 0 saturated carbocycles. The topological polar surface area (TPSA) is 54.5 Å². The van der Waals surface area contributed by atoms with Crippen molar-refractivity contribution in [3.05, 3.63) is 77.2 Å². The first-order chi connectivity index (χ1) is 12.5. The molecular formula is C20H17NO3S2. The lowest BCUT2D eigenvalue weighted by molar-refractivity contribution is 0.0985. The molecule has 0 aliphatic carbocycles. The standard InChI is InChI=1S/C20H17NO3S2/c1-14-13-15-7-5-6-10-17(15)21(14)20(22)18-11-12-19(25-18)26(23,24)16-8-3-2-4-9-16/h2-12,14H,13H2,1H3. The van der Waals surface area contributed by atoms with Crippen LogP contribution in [0, 0.1) is 0 Å². The average molecular weight is 383 g/mol. The highest BCUT2D eigenvalue weighted by atomic mass is 32.2. The molecule has 0 bridgehead atoms. The van der Waals surface area contributed by atoms with Gasteiger partial charge in [0.2, 0.25) is 9.84 Å². The third-order valence-electron chi connectivity index (χ3n) is 4.54. The monoisotopic (exact) mass is 383 g/mol. The van der Waals surface area contributed by atoms with Gasteiger partial charge in [0.05, 0.1) is 9.77 Å². The fraction of sp³-hybridized carbons (Fsp3) is 0.150. The summed E-state index contributed by atoms with van der Waals surface area (Å²) in [5.74, 6) is -0.151. The van der Waals surface area contributed by atoms with Crippen LogP contribution in [-0.2, 0) is 16.3 Å². The maximum absolute atomic E-state index is 13.0. The fourth-order valence-corrected chi connectivity index (χ4v) is 5.96. The Labute approximate surface area is 156 Å². The second-order valence-corrected chi connectivity index (χ2v) is 9.55. The smallest absolute Gasteiger partial charge is 0.268 e. The van der Waals surface area contributed by atoms with E-state index in [0.29, 0.717) is 4.88 Å². The molecule has 6 heteroatoms. The van der Waals surface area contributed by atoms with E-state index in [4.69, 9.17) is 0 Å². The number of hydrogen-bond donors (Lipinski definition) is 0. The molecule has 1 aromatic heterocycles. The van der Waals surface area contributed by atoms with Crippen LogP contribution in [0.3, 0.4) is 0 Å². The normalized spacial score (nSPS) is 16.5. The van der Waals surface area contributed by atoms with Crippen molar-refractivity contribution in [2.75, 3.05) is 4.90 Å². The summed E-state index contributed by atoms with van der Waals surface area (Å²) in [5, 5.41) is 0. The van der Waals surface area contributed by atoms with E-state index in [1.54, 1.807) is 41.3 Å². The number of sulfone groups is 1. The van der Waals surface area contributed by atoms with Crippen molar-refractivity contribution in [2.45, 2.75) is 28.5 Å². The van der Waals surface area contributed by atoms with E-state index in [2.05, 4.69) is 0 Å². The van der Waals surface area contributed by atoms with Crippen LogP contribution < -0.4 is 4.90 Å². The largest absolute Gasteiger partial charge is 0.304 e. The van der Waals surface area contributed by atoms with Gasteiger partial charge in [0.15, 0.2) is 0 Å². The summed E-state index contributed by atoms with van der Waals surface area (Å²) < 4.78 is 25.7. The van der Waals surface area contributed by atoms with E-state index >= 15 is 0 Å². The van der Waals surface area contributed by atoms with E-state index in [0.717, 1.165) is 29.0 Å². The quantitative estimate of drug-likeness (QED) is 0.682. The summed E-state index contributed by atoms with van der Waals surface area (Å²) in [4.78, 5) is 15.5. The van der Waals surface area contributed by atoms with Crippen LogP contribution in [0.1, 0.15) is 22.2 Å². The molecule has 0 N–H and O–H groups in total.